The zero-order chi connectivity index (χ0) is 20.1. The van der Waals surface area contributed by atoms with Crippen molar-refractivity contribution in [1.82, 2.24) is 14.1 Å². The summed E-state index contributed by atoms with van der Waals surface area (Å²) in [5.74, 6) is 1.66. The summed E-state index contributed by atoms with van der Waals surface area (Å²) in [6.07, 6.45) is 0.330. The Morgan fingerprint density at radius 3 is 2.64 bits per heavy atom. The Kier molecular flexibility index (Phi) is 6.58. The zero-order valence-corrected chi connectivity index (χ0v) is 17.3. The molecule has 0 aliphatic carbocycles. The fourth-order valence-corrected chi connectivity index (χ4v) is 4.19. The van der Waals surface area contributed by atoms with Crippen molar-refractivity contribution in [2.75, 3.05) is 39.2 Å². The predicted octanol–water partition coefficient (Wildman–Crippen LogP) is 1.77. The van der Waals surface area contributed by atoms with Crippen molar-refractivity contribution in [3.8, 4) is 11.5 Å². The molecular weight excluding hydrogens is 382 g/mol. The largest absolute Gasteiger partial charge is 0.497 e. The van der Waals surface area contributed by atoms with Crippen molar-refractivity contribution in [2.45, 2.75) is 19.4 Å². The van der Waals surface area contributed by atoms with Crippen LogP contribution in [-0.4, -0.2) is 61.7 Å². The van der Waals surface area contributed by atoms with Crippen LogP contribution in [0.3, 0.4) is 0 Å². The molecule has 0 amide bonds. The number of methoxy groups -OCH3 is 1. The lowest BCUT2D eigenvalue weighted by Gasteiger charge is -2.31. The van der Waals surface area contributed by atoms with E-state index in [1.54, 1.807) is 18.7 Å². The summed E-state index contributed by atoms with van der Waals surface area (Å²) in [6.45, 7) is 3.22. The predicted molar refractivity (Wildman–Crippen MR) is 105 cm³/mol. The third-order valence-electron chi connectivity index (χ3n) is 4.80. The van der Waals surface area contributed by atoms with E-state index in [9.17, 15) is 8.42 Å². The minimum atomic E-state index is -3.23. The number of rotatable bonds is 8. The Bertz CT molecular complexity index is 879. The minimum Gasteiger partial charge on any atom is -0.497 e. The molecule has 1 aromatic heterocycles. The summed E-state index contributed by atoms with van der Waals surface area (Å²) in [7, 11) is 0.273. The van der Waals surface area contributed by atoms with Crippen molar-refractivity contribution in [1.29, 1.82) is 0 Å². The van der Waals surface area contributed by atoms with Crippen molar-refractivity contribution in [3.63, 3.8) is 0 Å². The maximum atomic E-state index is 12.1. The molecule has 0 unspecified atom stereocenters. The van der Waals surface area contributed by atoms with Crippen LogP contribution in [0.5, 0.6) is 11.5 Å². The smallest absolute Gasteiger partial charge is 0.214 e. The van der Waals surface area contributed by atoms with E-state index in [4.69, 9.17) is 14.2 Å². The van der Waals surface area contributed by atoms with Crippen molar-refractivity contribution in [2.24, 2.45) is 7.05 Å². The maximum Gasteiger partial charge on any atom is 0.214 e. The zero-order valence-electron chi connectivity index (χ0n) is 16.5. The Hall–Kier alpha value is -2.10. The second-order valence-electron chi connectivity index (χ2n) is 6.58. The van der Waals surface area contributed by atoms with Gasteiger partial charge in [-0.1, -0.05) is 0 Å². The van der Waals surface area contributed by atoms with Gasteiger partial charge in [-0.3, -0.25) is 4.68 Å². The van der Waals surface area contributed by atoms with E-state index in [2.05, 4.69) is 5.10 Å². The van der Waals surface area contributed by atoms with Crippen LogP contribution in [0.4, 0.5) is 0 Å². The van der Waals surface area contributed by atoms with Crippen LogP contribution >= 0.6 is 0 Å². The highest BCUT2D eigenvalue weighted by molar-refractivity contribution is 7.89. The van der Waals surface area contributed by atoms with Gasteiger partial charge in [-0.15, -0.1) is 0 Å². The van der Waals surface area contributed by atoms with E-state index in [-0.39, 0.29) is 11.9 Å². The lowest BCUT2D eigenvalue weighted by atomic mass is 10.2. The van der Waals surface area contributed by atoms with Crippen LogP contribution < -0.4 is 9.47 Å². The second-order valence-corrected chi connectivity index (χ2v) is 8.83. The molecule has 28 heavy (non-hydrogen) atoms. The molecule has 2 aromatic rings. The Labute approximate surface area is 166 Å². The third kappa shape index (κ3) is 4.84. The van der Waals surface area contributed by atoms with E-state index in [0.29, 0.717) is 32.7 Å². The topological polar surface area (TPSA) is 82.9 Å². The number of morpholine rings is 1. The van der Waals surface area contributed by atoms with Gasteiger partial charge in [-0.05, 0) is 37.3 Å². The number of hydrogen-bond donors (Lipinski definition) is 0. The summed E-state index contributed by atoms with van der Waals surface area (Å²) < 4.78 is 44.3. The van der Waals surface area contributed by atoms with Gasteiger partial charge in [0.05, 0.1) is 31.8 Å². The van der Waals surface area contributed by atoms with E-state index in [1.165, 1.54) is 4.31 Å². The summed E-state index contributed by atoms with van der Waals surface area (Å²) in [4.78, 5) is 0. The lowest BCUT2D eigenvalue weighted by Crippen LogP contribution is -2.43. The number of hydrogen-bond acceptors (Lipinski definition) is 6. The van der Waals surface area contributed by atoms with Gasteiger partial charge < -0.3 is 14.2 Å². The molecule has 1 atom stereocenters. The van der Waals surface area contributed by atoms with Gasteiger partial charge in [0.1, 0.15) is 17.6 Å². The second kappa shape index (κ2) is 8.93. The Morgan fingerprint density at radius 2 is 1.96 bits per heavy atom. The molecule has 0 N–H and O–H groups in total. The van der Waals surface area contributed by atoms with Crippen LogP contribution in [0.25, 0.3) is 0 Å². The molecule has 1 aromatic carbocycles. The summed E-state index contributed by atoms with van der Waals surface area (Å²) >= 11 is 0. The molecule has 154 valence electrons. The van der Waals surface area contributed by atoms with E-state index < -0.39 is 10.0 Å². The van der Waals surface area contributed by atoms with Crippen molar-refractivity contribution < 1.29 is 22.6 Å². The van der Waals surface area contributed by atoms with E-state index in [0.717, 1.165) is 22.9 Å². The van der Waals surface area contributed by atoms with Crippen molar-refractivity contribution >= 4 is 10.0 Å². The van der Waals surface area contributed by atoms with Gasteiger partial charge in [0, 0.05) is 32.3 Å². The van der Waals surface area contributed by atoms with Gasteiger partial charge in [0.15, 0.2) is 0 Å². The average Bonchev–Trinajstić information content (AvgIpc) is 3.09. The number of aromatic nitrogens is 2. The molecule has 1 saturated heterocycles. The van der Waals surface area contributed by atoms with Gasteiger partial charge >= 0.3 is 0 Å². The Morgan fingerprint density at radius 1 is 1.25 bits per heavy atom. The van der Waals surface area contributed by atoms with Gasteiger partial charge in [0.2, 0.25) is 10.0 Å². The number of ether oxygens (including phenoxy) is 3. The molecule has 0 spiro atoms. The SMILES string of the molecule is CCS(=O)(=O)N1CCO[C@H](c2cc(CCOc3ccc(OC)cc3)n(C)n2)C1. The maximum absolute atomic E-state index is 12.1. The quantitative estimate of drug-likeness (QED) is 0.661. The molecule has 9 heteroatoms. The van der Waals surface area contributed by atoms with Crippen LogP contribution in [0.2, 0.25) is 0 Å². The molecule has 2 heterocycles. The molecule has 1 aliphatic rings. The van der Waals surface area contributed by atoms with Crippen LogP contribution in [0.15, 0.2) is 30.3 Å². The number of sulfonamides is 1. The fourth-order valence-electron chi connectivity index (χ4n) is 3.11. The molecule has 1 aliphatic heterocycles. The Balaban J connectivity index is 1.59. The lowest BCUT2D eigenvalue weighted by molar-refractivity contribution is -0.00515. The molecule has 3 rings (SSSR count). The highest BCUT2D eigenvalue weighted by Crippen LogP contribution is 2.24. The normalized spacial score (nSPS) is 18.2. The molecule has 0 radical (unpaired) electrons. The highest BCUT2D eigenvalue weighted by atomic mass is 32.2. The van der Waals surface area contributed by atoms with Gasteiger partial charge in [-0.25, -0.2) is 8.42 Å². The monoisotopic (exact) mass is 409 g/mol. The van der Waals surface area contributed by atoms with Gasteiger partial charge in [0.25, 0.3) is 0 Å². The van der Waals surface area contributed by atoms with Crippen LogP contribution in [0, 0.1) is 0 Å². The molecule has 0 bridgehead atoms. The van der Waals surface area contributed by atoms with Crippen LogP contribution in [0.1, 0.15) is 24.4 Å². The van der Waals surface area contributed by atoms with E-state index >= 15 is 0 Å². The number of nitrogens with zero attached hydrogens (tertiary/aromatic N) is 3. The first-order valence-corrected chi connectivity index (χ1v) is 10.9. The minimum absolute atomic E-state index is 0.0931. The molecule has 8 nitrogen and oxygen atoms in total. The fraction of sp³-hybridized carbons (Fsp3) is 0.526. The summed E-state index contributed by atoms with van der Waals surface area (Å²) in [5.41, 5.74) is 1.75. The van der Waals surface area contributed by atoms with Gasteiger partial charge in [-0.2, -0.15) is 9.40 Å². The van der Waals surface area contributed by atoms with E-state index in [1.807, 2.05) is 37.4 Å². The average molecular weight is 410 g/mol. The third-order valence-corrected chi connectivity index (χ3v) is 6.65. The number of aryl methyl sites for hydroxylation is 1. The number of benzene rings is 1. The van der Waals surface area contributed by atoms with Crippen LogP contribution in [-0.2, 0) is 28.2 Å². The first-order valence-electron chi connectivity index (χ1n) is 9.32. The standard InChI is InChI=1S/C19H27N3O5S/c1-4-28(23,24)22-10-12-27-19(14-22)18-13-15(21(2)20-18)9-11-26-17-7-5-16(25-3)6-8-17/h5-8,13,19H,4,9-12,14H2,1-3H3/t19-/m0/s1. The van der Waals surface area contributed by atoms with Crippen molar-refractivity contribution in [3.05, 3.63) is 41.7 Å². The molecular formula is C19H27N3O5S. The summed E-state index contributed by atoms with van der Waals surface area (Å²) in [5, 5.41) is 4.52. The first kappa shape index (κ1) is 20.6. The molecule has 0 saturated carbocycles. The highest BCUT2D eigenvalue weighted by Gasteiger charge is 2.30. The summed E-state index contributed by atoms with van der Waals surface area (Å²) in [6, 6.07) is 9.41. The molecule has 1 fully saturated rings. The first-order chi connectivity index (χ1) is 13.4.